The van der Waals surface area contributed by atoms with Crippen LogP contribution in [0.4, 0.5) is 0 Å². The van der Waals surface area contributed by atoms with Crippen molar-refractivity contribution in [3.63, 3.8) is 0 Å². The Morgan fingerprint density at radius 1 is 0.769 bits per heavy atom. The molecule has 0 amide bonds. The summed E-state index contributed by atoms with van der Waals surface area (Å²) in [7, 11) is 0. The summed E-state index contributed by atoms with van der Waals surface area (Å²) in [6, 6.07) is 0. The molecule has 72 valence electrons. The second-order valence-electron chi connectivity index (χ2n) is 1.95. The quantitative estimate of drug-likeness (QED) is 0.327. The van der Waals surface area contributed by atoms with Crippen LogP contribution in [-0.4, -0.2) is 12.6 Å². The summed E-state index contributed by atoms with van der Waals surface area (Å²) in [6.07, 6.45) is 4.29. The Hall–Kier alpha value is -1.48. The van der Waals surface area contributed by atoms with E-state index in [-0.39, 0.29) is 0 Å². The van der Waals surface area contributed by atoms with Crippen molar-refractivity contribution in [2.45, 2.75) is 12.6 Å². The van der Waals surface area contributed by atoms with E-state index in [4.69, 9.17) is 14.2 Å². The molecule has 0 saturated heterocycles. The van der Waals surface area contributed by atoms with Gasteiger partial charge in [-0.2, -0.15) is 0 Å². The van der Waals surface area contributed by atoms with Crippen molar-refractivity contribution in [1.29, 1.82) is 0 Å². The molecule has 3 nitrogen and oxygen atoms in total. The zero-order chi connectivity index (χ0) is 10.1. The monoisotopic (exact) mass is 182 g/mol. The van der Waals surface area contributed by atoms with Gasteiger partial charge in [-0.1, -0.05) is 26.3 Å². The van der Waals surface area contributed by atoms with Gasteiger partial charge in [0.05, 0.1) is 12.5 Å². The van der Waals surface area contributed by atoms with E-state index < -0.39 is 12.6 Å². The van der Waals surface area contributed by atoms with Crippen molar-refractivity contribution >= 4 is 0 Å². The van der Waals surface area contributed by atoms with Gasteiger partial charge in [0, 0.05) is 0 Å². The zero-order valence-electron chi connectivity index (χ0n) is 7.52. The van der Waals surface area contributed by atoms with Gasteiger partial charge in [-0.05, 0) is 12.2 Å². The molecule has 0 aromatic carbocycles. The summed E-state index contributed by atoms with van der Waals surface area (Å²) >= 11 is 0. The van der Waals surface area contributed by atoms with Crippen LogP contribution in [-0.2, 0) is 14.2 Å². The van der Waals surface area contributed by atoms with Gasteiger partial charge in [0.2, 0.25) is 12.6 Å². The van der Waals surface area contributed by atoms with Crippen LogP contribution in [0.3, 0.4) is 0 Å². The molecule has 0 radical (unpaired) electrons. The number of ether oxygens (including phenoxy) is 3. The van der Waals surface area contributed by atoms with Crippen LogP contribution in [0.25, 0.3) is 0 Å². The maximum absolute atomic E-state index is 5.21. The minimum atomic E-state index is -0.597. The molecular formula is C10H14O3. The molecule has 0 aliphatic carbocycles. The Kier molecular flexibility index (Phi) is 6.37. The summed E-state index contributed by atoms with van der Waals surface area (Å²) in [4.78, 5) is 0. The highest BCUT2D eigenvalue weighted by molar-refractivity contribution is 4.80. The summed E-state index contributed by atoms with van der Waals surface area (Å²) < 4.78 is 15.1. The molecule has 0 heterocycles. The maximum atomic E-state index is 5.21. The highest BCUT2D eigenvalue weighted by Crippen LogP contribution is 2.04. The topological polar surface area (TPSA) is 27.7 Å². The lowest BCUT2D eigenvalue weighted by Gasteiger charge is -2.18. The van der Waals surface area contributed by atoms with Crippen molar-refractivity contribution < 1.29 is 14.2 Å². The summed E-state index contributed by atoms with van der Waals surface area (Å²) in [6.45, 7) is 13.8. The van der Waals surface area contributed by atoms with E-state index in [2.05, 4.69) is 26.3 Å². The van der Waals surface area contributed by atoms with Gasteiger partial charge in [0.25, 0.3) is 0 Å². The number of rotatable bonds is 8. The molecule has 0 aliphatic heterocycles. The predicted octanol–water partition coefficient (Wildman–Crippen LogP) is 2.35. The van der Waals surface area contributed by atoms with E-state index in [0.29, 0.717) is 0 Å². The molecule has 0 spiro atoms. The molecule has 0 fully saturated rings. The second-order valence-corrected chi connectivity index (χ2v) is 1.95. The van der Waals surface area contributed by atoms with E-state index in [1.807, 2.05) is 0 Å². The van der Waals surface area contributed by atoms with E-state index in [9.17, 15) is 0 Å². The molecule has 0 aliphatic rings. The lowest BCUT2D eigenvalue weighted by molar-refractivity contribution is -0.169. The first-order valence-electron chi connectivity index (χ1n) is 3.71. The second kappa shape index (κ2) is 7.18. The standard InChI is InChI=1S/C10H14O3/c1-5-9(11-7-3)13-10(6-2)12-8-4/h5-10H,1-4H2. The highest BCUT2D eigenvalue weighted by atomic mass is 16.8. The fraction of sp³-hybridized carbons (Fsp3) is 0.200. The average Bonchev–Trinajstić information content (AvgIpc) is 2.16. The van der Waals surface area contributed by atoms with Gasteiger partial charge in [0.1, 0.15) is 0 Å². The third kappa shape index (κ3) is 4.87. The van der Waals surface area contributed by atoms with Crippen LogP contribution in [0.15, 0.2) is 51.0 Å². The van der Waals surface area contributed by atoms with Gasteiger partial charge in [-0.3, -0.25) is 4.74 Å². The maximum Gasteiger partial charge on any atom is 0.222 e. The Bertz CT molecular complexity index is 167. The largest absolute Gasteiger partial charge is 0.469 e. The zero-order valence-corrected chi connectivity index (χ0v) is 7.52. The van der Waals surface area contributed by atoms with E-state index >= 15 is 0 Å². The van der Waals surface area contributed by atoms with Crippen LogP contribution in [0.1, 0.15) is 0 Å². The highest BCUT2D eigenvalue weighted by Gasteiger charge is 2.10. The first-order valence-corrected chi connectivity index (χ1v) is 3.71. The van der Waals surface area contributed by atoms with Gasteiger partial charge in [-0.15, -0.1) is 0 Å². The molecule has 0 N–H and O–H groups in total. The molecule has 0 aromatic heterocycles. The lowest BCUT2D eigenvalue weighted by Crippen LogP contribution is -2.20. The van der Waals surface area contributed by atoms with Crippen LogP contribution in [0, 0.1) is 0 Å². The fourth-order valence-electron chi connectivity index (χ4n) is 0.608. The minimum absolute atomic E-state index is 0.597. The summed E-state index contributed by atoms with van der Waals surface area (Å²) in [5, 5.41) is 0. The van der Waals surface area contributed by atoms with Gasteiger partial charge >= 0.3 is 0 Å². The van der Waals surface area contributed by atoms with Gasteiger partial charge in [0.15, 0.2) is 0 Å². The molecule has 0 rings (SSSR count). The summed E-state index contributed by atoms with van der Waals surface area (Å²) in [5.41, 5.74) is 0. The third-order valence-electron chi connectivity index (χ3n) is 1.11. The van der Waals surface area contributed by atoms with Gasteiger partial charge < -0.3 is 9.47 Å². The average molecular weight is 182 g/mol. The Morgan fingerprint density at radius 3 is 1.38 bits per heavy atom. The van der Waals surface area contributed by atoms with Crippen molar-refractivity contribution in [2.24, 2.45) is 0 Å². The van der Waals surface area contributed by atoms with Crippen molar-refractivity contribution in [2.75, 3.05) is 0 Å². The SMILES string of the molecule is C=COC(C=C)OC(C=C)OC=C. The first-order chi connectivity index (χ1) is 6.28. The van der Waals surface area contributed by atoms with E-state index in [0.717, 1.165) is 0 Å². The minimum Gasteiger partial charge on any atom is -0.469 e. The third-order valence-corrected chi connectivity index (χ3v) is 1.11. The molecule has 0 aromatic rings. The van der Waals surface area contributed by atoms with Crippen LogP contribution < -0.4 is 0 Å². The number of hydrogen-bond acceptors (Lipinski definition) is 3. The molecule has 2 unspecified atom stereocenters. The Labute approximate surface area is 78.6 Å². The van der Waals surface area contributed by atoms with Crippen molar-refractivity contribution in [1.82, 2.24) is 0 Å². The van der Waals surface area contributed by atoms with Crippen LogP contribution in [0.5, 0.6) is 0 Å². The van der Waals surface area contributed by atoms with Crippen LogP contribution in [0.2, 0.25) is 0 Å². The Morgan fingerprint density at radius 2 is 1.15 bits per heavy atom. The van der Waals surface area contributed by atoms with E-state index in [1.165, 1.54) is 24.7 Å². The van der Waals surface area contributed by atoms with Gasteiger partial charge in [-0.25, -0.2) is 0 Å². The van der Waals surface area contributed by atoms with Crippen LogP contribution >= 0.6 is 0 Å². The molecule has 2 atom stereocenters. The van der Waals surface area contributed by atoms with Crippen molar-refractivity contribution in [3.05, 3.63) is 51.0 Å². The predicted molar refractivity (Wildman–Crippen MR) is 51.6 cm³/mol. The molecule has 3 heteroatoms. The molecular weight excluding hydrogens is 168 g/mol. The molecule has 0 saturated carbocycles. The van der Waals surface area contributed by atoms with Crippen molar-refractivity contribution in [3.8, 4) is 0 Å². The fourth-order valence-corrected chi connectivity index (χ4v) is 0.608. The smallest absolute Gasteiger partial charge is 0.222 e. The first kappa shape index (κ1) is 11.5. The van der Waals surface area contributed by atoms with E-state index in [1.54, 1.807) is 0 Å². The molecule has 13 heavy (non-hydrogen) atoms. The lowest BCUT2D eigenvalue weighted by atomic mass is 10.5. The summed E-state index contributed by atoms with van der Waals surface area (Å²) in [5.74, 6) is 0. The molecule has 0 bridgehead atoms. The Balaban J connectivity index is 4.00. The number of hydrogen-bond donors (Lipinski definition) is 0. The normalized spacial score (nSPS) is 13.5.